The van der Waals surface area contributed by atoms with Crippen LogP contribution in [0.2, 0.25) is 0 Å². The molecule has 0 bridgehead atoms. The van der Waals surface area contributed by atoms with E-state index in [1.165, 1.54) is 0 Å². The van der Waals surface area contributed by atoms with Crippen molar-refractivity contribution in [1.82, 2.24) is 0 Å². The van der Waals surface area contributed by atoms with E-state index in [4.69, 9.17) is 9.47 Å². The molecule has 0 aliphatic carbocycles. The van der Waals surface area contributed by atoms with Gasteiger partial charge in [0, 0.05) is 16.6 Å². The van der Waals surface area contributed by atoms with E-state index in [0.717, 1.165) is 10.5 Å². The summed E-state index contributed by atoms with van der Waals surface area (Å²) in [6.45, 7) is 0.981. The number of rotatable bonds is 4. The molecule has 2 aromatic rings. The van der Waals surface area contributed by atoms with E-state index in [2.05, 4.69) is 5.32 Å². The predicted octanol–water partition coefficient (Wildman–Crippen LogP) is 3.73. The Labute approximate surface area is 150 Å². The van der Waals surface area contributed by atoms with E-state index in [9.17, 15) is 10.1 Å². The molecule has 1 heterocycles. The lowest BCUT2D eigenvalue weighted by Crippen LogP contribution is -2.17. The molecule has 6 heteroatoms. The summed E-state index contributed by atoms with van der Waals surface area (Å²) in [5.41, 5.74) is 1.38. The van der Waals surface area contributed by atoms with Crippen LogP contribution in [-0.4, -0.2) is 25.4 Å². The maximum absolute atomic E-state index is 12.4. The Kier molecular flexibility index (Phi) is 5.26. The van der Waals surface area contributed by atoms with E-state index in [-0.39, 0.29) is 5.57 Å². The molecule has 25 heavy (non-hydrogen) atoms. The number of ether oxygens (including phenoxy) is 2. The molecule has 2 aromatic carbocycles. The number of anilines is 1. The fourth-order valence-electron chi connectivity index (χ4n) is 2.33. The van der Waals surface area contributed by atoms with Crippen molar-refractivity contribution < 1.29 is 14.3 Å². The third-order valence-corrected chi connectivity index (χ3v) is 4.34. The van der Waals surface area contributed by atoms with Crippen LogP contribution in [0, 0.1) is 11.3 Å². The van der Waals surface area contributed by atoms with Crippen LogP contribution in [0.5, 0.6) is 11.5 Å². The maximum atomic E-state index is 12.4. The summed E-state index contributed by atoms with van der Waals surface area (Å²) >= 11 is 1.63. The van der Waals surface area contributed by atoms with Gasteiger partial charge >= 0.3 is 0 Å². The summed E-state index contributed by atoms with van der Waals surface area (Å²) in [5, 5.41) is 12.0. The molecule has 1 aliphatic rings. The second-order valence-corrected chi connectivity index (χ2v) is 6.14. The van der Waals surface area contributed by atoms with E-state index in [0.29, 0.717) is 30.4 Å². The second kappa shape index (κ2) is 7.77. The van der Waals surface area contributed by atoms with Gasteiger partial charge in [0.25, 0.3) is 5.91 Å². The zero-order valence-electron chi connectivity index (χ0n) is 13.6. The van der Waals surface area contributed by atoms with Crippen molar-refractivity contribution in [2.75, 3.05) is 24.8 Å². The Balaban J connectivity index is 1.76. The number of fused-ring (bicyclic) bond motifs is 1. The van der Waals surface area contributed by atoms with Crippen LogP contribution >= 0.6 is 11.8 Å². The first kappa shape index (κ1) is 16.9. The smallest absolute Gasteiger partial charge is 0.266 e. The first-order chi connectivity index (χ1) is 12.2. The summed E-state index contributed by atoms with van der Waals surface area (Å²) in [4.78, 5) is 13.5. The van der Waals surface area contributed by atoms with Gasteiger partial charge in [0.2, 0.25) is 0 Å². The molecule has 0 fully saturated rings. The van der Waals surface area contributed by atoms with Crippen LogP contribution in [0.15, 0.2) is 52.9 Å². The SMILES string of the molecule is CSc1ccc(C=C(C#N)C(=O)Nc2ccc3c(c2)OCCO3)cc1. The third-order valence-electron chi connectivity index (χ3n) is 3.59. The lowest BCUT2D eigenvalue weighted by Gasteiger charge is -2.18. The quantitative estimate of drug-likeness (QED) is 0.516. The lowest BCUT2D eigenvalue weighted by molar-refractivity contribution is -0.112. The Hall–Kier alpha value is -2.91. The number of benzene rings is 2. The van der Waals surface area contributed by atoms with E-state index in [1.54, 1.807) is 36.0 Å². The topological polar surface area (TPSA) is 71.4 Å². The molecule has 0 radical (unpaired) electrons. The summed E-state index contributed by atoms with van der Waals surface area (Å²) in [6.07, 6.45) is 3.56. The van der Waals surface area contributed by atoms with Crippen LogP contribution in [0.25, 0.3) is 6.08 Å². The second-order valence-electron chi connectivity index (χ2n) is 5.26. The highest BCUT2D eigenvalue weighted by molar-refractivity contribution is 7.98. The summed E-state index contributed by atoms with van der Waals surface area (Å²) < 4.78 is 10.9. The molecule has 1 aliphatic heterocycles. The minimum atomic E-state index is -0.465. The number of hydrogen-bond donors (Lipinski definition) is 1. The van der Waals surface area contributed by atoms with Crippen LogP contribution in [0.1, 0.15) is 5.56 Å². The van der Waals surface area contributed by atoms with Crippen LogP contribution in [0.3, 0.4) is 0 Å². The molecule has 0 unspecified atom stereocenters. The summed E-state index contributed by atoms with van der Waals surface area (Å²) in [7, 11) is 0. The van der Waals surface area contributed by atoms with Gasteiger partial charge in [-0.2, -0.15) is 5.26 Å². The first-order valence-electron chi connectivity index (χ1n) is 7.66. The number of nitrogens with zero attached hydrogens (tertiary/aromatic N) is 1. The molecule has 1 N–H and O–H groups in total. The summed E-state index contributed by atoms with van der Waals surface area (Å²) in [6, 6.07) is 14.7. The molecular formula is C19H16N2O3S. The predicted molar refractivity (Wildman–Crippen MR) is 97.9 cm³/mol. The maximum Gasteiger partial charge on any atom is 0.266 e. The molecule has 0 atom stereocenters. The van der Waals surface area contributed by atoms with Gasteiger partial charge in [-0.15, -0.1) is 11.8 Å². The average molecular weight is 352 g/mol. The fourth-order valence-corrected chi connectivity index (χ4v) is 2.74. The van der Waals surface area contributed by atoms with Gasteiger partial charge in [0.15, 0.2) is 11.5 Å². The number of nitrogens with one attached hydrogen (secondary N) is 1. The van der Waals surface area contributed by atoms with Crippen LogP contribution in [-0.2, 0) is 4.79 Å². The van der Waals surface area contributed by atoms with Crippen molar-refractivity contribution in [3.05, 3.63) is 53.6 Å². The highest BCUT2D eigenvalue weighted by Crippen LogP contribution is 2.32. The number of thioether (sulfide) groups is 1. The average Bonchev–Trinajstić information content (AvgIpc) is 2.66. The number of amides is 1. The normalized spacial score (nSPS) is 13.0. The number of carbonyl (C=O) groups excluding carboxylic acids is 1. The number of hydrogen-bond acceptors (Lipinski definition) is 5. The molecule has 0 spiro atoms. The van der Waals surface area contributed by atoms with E-state index in [1.807, 2.05) is 36.6 Å². The fraction of sp³-hybridized carbons (Fsp3) is 0.158. The Bertz CT molecular complexity index is 854. The molecule has 0 saturated heterocycles. The minimum Gasteiger partial charge on any atom is -0.486 e. The van der Waals surface area contributed by atoms with Gasteiger partial charge in [-0.05, 0) is 42.2 Å². The van der Waals surface area contributed by atoms with E-state index >= 15 is 0 Å². The van der Waals surface area contributed by atoms with Crippen molar-refractivity contribution in [1.29, 1.82) is 5.26 Å². The molecular weight excluding hydrogens is 336 g/mol. The molecule has 1 amide bonds. The molecule has 5 nitrogen and oxygen atoms in total. The molecule has 0 aromatic heterocycles. The van der Waals surface area contributed by atoms with Crippen LogP contribution < -0.4 is 14.8 Å². The minimum absolute atomic E-state index is 0.0341. The van der Waals surface area contributed by atoms with Crippen molar-refractivity contribution in [2.45, 2.75) is 4.90 Å². The number of carbonyl (C=O) groups is 1. The van der Waals surface area contributed by atoms with Gasteiger partial charge in [0.05, 0.1) is 0 Å². The van der Waals surface area contributed by atoms with Crippen molar-refractivity contribution >= 4 is 29.4 Å². The standard InChI is InChI=1S/C19H16N2O3S/c1-25-16-5-2-13(3-6-16)10-14(12-20)19(22)21-15-4-7-17-18(11-15)24-9-8-23-17/h2-7,10-11H,8-9H2,1H3,(H,21,22). The van der Waals surface area contributed by atoms with Gasteiger partial charge in [-0.1, -0.05) is 12.1 Å². The monoisotopic (exact) mass is 352 g/mol. The lowest BCUT2D eigenvalue weighted by atomic mass is 10.1. The van der Waals surface area contributed by atoms with Gasteiger partial charge in [0.1, 0.15) is 24.9 Å². The first-order valence-corrected chi connectivity index (χ1v) is 8.89. The number of nitriles is 1. The van der Waals surface area contributed by atoms with Crippen molar-refractivity contribution in [3.63, 3.8) is 0 Å². The molecule has 126 valence electrons. The van der Waals surface area contributed by atoms with E-state index < -0.39 is 5.91 Å². The Morgan fingerprint density at radius 1 is 1.16 bits per heavy atom. The van der Waals surface area contributed by atoms with Crippen molar-refractivity contribution in [3.8, 4) is 17.6 Å². The highest BCUT2D eigenvalue weighted by Gasteiger charge is 2.14. The highest BCUT2D eigenvalue weighted by atomic mass is 32.2. The van der Waals surface area contributed by atoms with Gasteiger partial charge in [-0.3, -0.25) is 4.79 Å². The Morgan fingerprint density at radius 2 is 1.88 bits per heavy atom. The van der Waals surface area contributed by atoms with Gasteiger partial charge in [-0.25, -0.2) is 0 Å². The third kappa shape index (κ3) is 4.14. The zero-order chi connectivity index (χ0) is 17.6. The zero-order valence-corrected chi connectivity index (χ0v) is 14.4. The largest absolute Gasteiger partial charge is 0.486 e. The molecule has 0 saturated carbocycles. The molecule has 3 rings (SSSR count). The van der Waals surface area contributed by atoms with Crippen LogP contribution in [0.4, 0.5) is 5.69 Å². The Morgan fingerprint density at radius 3 is 2.56 bits per heavy atom. The summed E-state index contributed by atoms with van der Waals surface area (Å²) in [5.74, 6) is 0.765. The van der Waals surface area contributed by atoms with Gasteiger partial charge < -0.3 is 14.8 Å². The van der Waals surface area contributed by atoms with Crippen molar-refractivity contribution in [2.24, 2.45) is 0 Å².